The highest BCUT2D eigenvalue weighted by atomic mass is 32.2. The number of carbonyl (C=O) groups excluding carboxylic acids is 1. The van der Waals surface area contributed by atoms with E-state index in [4.69, 9.17) is 0 Å². The molecule has 0 fully saturated rings. The lowest BCUT2D eigenvalue weighted by Crippen LogP contribution is -2.30. The molecule has 0 radical (unpaired) electrons. The van der Waals surface area contributed by atoms with Gasteiger partial charge in [-0.15, -0.1) is 0 Å². The van der Waals surface area contributed by atoms with Crippen LogP contribution in [-0.4, -0.2) is 27.2 Å². The maximum Gasteiger partial charge on any atom is 0.319 e. The van der Waals surface area contributed by atoms with Crippen LogP contribution in [0.1, 0.15) is 11.1 Å². The Kier molecular flexibility index (Phi) is 5.76. The molecule has 0 saturated carbocycles. The minimum atomic E-state index is -3.10. The lowest BCUT2D eigenvalue weighted by molar-refractivity contribution is 0.252. The van der Waals surface area contributed by atoms with Gasteiger partial charge < -0.3 is 10.6 Å². The third-order valence-electron chi connectivity index (χ3n) is 3.16. The molecule has 2 amide bonds. The van der Waals surface area contributed by atoms with Crippen molar-refractivity contribution in [2.75, 3.05) is 18.1 Å². The number of hydrogen-bond donors (Lipinski definition) is 2. The molecular formula is C17H20N2O3S. The Balaban J connectivity index is 1.84. The molecule has 2 aromatic carbocycles. The van der Waals surface area contributed by atoms with Crippen LogP contribution in [0.4, 0.5) is 10.5 Å². The first kappa shape index (κ1) is 17.0. The van der Waals surface area contributed by atoms with Gasteiger partial charge in [0, 0.05) is 18.5 Å². The van der Waals surface area contributed by atoms with Crippen molar-refractivity contribution >= 4 is 21.6 Å². The lowest BCUT2D eigenvalue weighted by atomic mass is 10.1. The van der Waals surface area contributed by atoms with Crippen molar-refractivity contribution in [3.63, 3.8) is 0 Å². The zero-order valence-corrected chi connectivity index (χ0v) is 13.8. The van der Waals surface area contributed by atoms with Gasteiger partial charge in [-0.2, -0.15) is 0 Å². The minimum absolute atomic E-state index is 0.0435. The summed E-state index contributed by atoms with van der Waals surface area (Å²) in [4.78, 5) is 11.9. The first-order valence-electron chi connectivity index (χ1n) is 7.28. The van der Waals surface area contributed by atoms with E-state index < -0.39 is 9.84 Å². The van der Waals surface area contributed by atoms with Gasteiger partial charge in [0.15, 0.2) is 9.84 Å². The molecule has 0 aliphatic carbocycles. The third kappa shape index (κ3) is 6.52. The number of urea groups is 1. The number of benzene rings is 2. The van der Waals surface area contributed by atoms with E-state index in [1.165, 1.54) is 6.26 Å². The quantitative estimate of drug-likeness (QED) is 0.854. The highest BCUT2D eigenvalue weighted by Gasteiger charge is 2.06. The van der Waals surface area contributed by atoms with Gasteiger partial charge in [0.2, 0.25) is 0 Å². The zero-order valence-electron chi connectivity index (χ0n) is 13.0. The number of rotatable bonds is 6. The Morgan fingerprint density at radius 1 is 1.00 bits per heavy atom. The molecule has 0 spiro atoms. The second kappa shape index (κ2) is 7.78. The molecule has 0 bridgehead atoms. The smallest absolute Gasteiger partial charge is 0.319 e. The molecule has 0 unspecified atom stereocenters. The summed E-state index contributed by atoms with van der Waals surface area (Å²) in [5.41, 5.74) is 2.38. The molecule has 2 rings (SSSR count). The Morgan fingerprint density at radius 2 is 1.70 bits per heavy atom. The number of amides is 2. The van der Waals surface area contributed by atoms with E-state index in [2.05, 4.69) is 10.6 Å². The average Bonchev–Trinajstić information content (AvgIpc) is 2.47. The van der Waals surface area contributed by atoms with Gasteiger partial charge in [0.1, 0.15) is 0 Å². The summed E-state index contributed by atoms with van der Waals surface area (Å²) in [7, 11) is -3.10. The van der Waals surface area contributed by atoms with Crippen molar-refractivity contribution in [3.8, 4) is 0 Å². The van der Waals surface area contributed by atoms with Crippen LogP contribution in [0.3, 0.4) is 0 Å². The van der Waals surface area contributed by atoms with Crippen molar-refractivity contribution in [2.24, 2.45) is 0 Å². The first-order chi connectivity index (χ1) is 10.9. The van der Waals surface area contributed by atoms with Crippen LogP contribution < -0.4 is 10.6 Å². The summed E-state index contributed by atoms with van der Waals surface area (Å²) >= 11 is 0. The maximum atomic E-state index is 11.9. The molecule has 0 aliphatic heterocycles. The summed E-state index contributed by atoms with van der Waals surface area (Å²) in [6.45, 7) is 0.527. The van der Waals surface area contributed by atoms with Crippen molar-refractivity contribution in [2.45, 2.75) is 12.2 Å². The van der Waals surface area contributed by atoms with Crippen LogP contribution in [0, 0.1) is 0 Å². The van der Waals surface area contributed by atoms with Crippen LogP contribution >= 0.6 is 0 Å². The van der Waals surface area contributed by atoms with Crippen molar-refractivity contribution in [1.82, 2.24) is 5.32 Å². The lowest BCUT2D eigenvalue weighted by Gasteiger charge is -2.09. The fourth-order valence-corrected chi connectivity index (χ4v) is 2.97. The van der Waals surface area contributed by atoms with Gasteiger partial charge >= 0.3 is 6.03 Å². The van der Waals surface area contributed by atoms with Crippen molar-refractivity contribution in [1.29, 1.82) is 0 Å². The molecule has 0 saturated heterocycles. The van der Waals surface area contributed by atoms with Gasteiger partial charge in [0.25, 0.3) is 0 Å². The number of anilines is 1. The third-order valence-corrected chi connectivity index (χ3v) is 4.01. The number of carbonyl (C=O) groups is 1. The van der Waals surface area contributed by atoms with Gasteiger partial charge in [0.05, 0.1) is 5.75 Å². The van der Waals surface area contributed by atoms with Crippen LogP contribution in [0.5, 0.6) is 0 Å². The average molecular weight is 332 g/mol. The fourth-order valence-electron chi connectivity index (χ4n) is 2.18. The van der Waals surface area contributed by atoms with E-state index in [1.807, 2.05) is 30.3 Å². The molecule has 5 nitrogen and oxygen atoms in total. The summed E-state index contributed by atoms with van der Waals surface area (Å²) in [5, 5.41) is 5.49. The SMILES string of the molecule is CS(=O)(=O)Cc1cccc(NC(=O)NCCc2ccccc2)c1. The number of nitrogens with one attached hydrogen (secondary N) is 2. The minimum Gasteiger partial charge on any atom is -0.338 e. The highest BCUT2D eigenvalue weighted by Crippen LogP contribution is 2.12. The molecule has 0 aromatic heterocycles. The Bertz CT molecular complexity index is 758. The summed E-state index contributed by atoms with van der Waals surface area (Å²) in [5.74, 6) is -0.0435. The summed E-state index contributed by atoms with van der Waals surface area (Å²) in [6, 6.07) is 16.4. The molecule has 0 atom stereocenters. The standard InChI is InChI=1S/C17H20N2O3S/c1-23(21,22)13-15-8-5-9-16(12-15)19-17(20)18-11-10-14-6-3-2-4-7-14/h2-9,12H,10-11,13H2,1H3,(H2,18,19,20). The predicted molar refractivity (Wildman–Crippen MR) is 92.2 cm³/mol. The Morgan fingerprint density at radius 3 is 2.39 bits per heavy atom. The van der Waals surface area contributed by atoms with E-state index in [0.717, 1.165) is 12.0 Å². The van der Waals surface area contributed by atoms with E-state index >= 15 is 0 Å². The van der Waals surface area contributed by atoms with Crippen LogP contribution in [0.15, 0.2) is 54.6 Å². The van der Waals surface area contributed by atoms with Gasteiger partial charge in [-0.25, -0.2) is 13.2 Å². The first-order valence-corrected chi connectivity index (χ1v) is 9.34. The van der Waals surface area contributed by atoms with Crippen LogP contribution in [0.2, 0.25) is 0 Å². The summed E-state index contributed by atoms with van der Waals surface area (Å²) in [6.07, 6.45) is 1.94. The van der Waals surface area contributed by atoms with E-state index in [-0.39, 0.29) is 11.8 Å². The molecule has 0 heterocycles. The predicted octanol–water partition coefficient (Wildman–Crippen LogP) is 2.60. The normalized spacial score (nSPS) is 11.0. The molecule has 6 heteroatoms. The Hall–Kier alpha value is -2.34. The monoisotopic (exact) mass is 332 g/mol. The van der Waals surface area contributed by atoms with Crippen molar-refractivity contribution < 1.29 is 13.2 Å². The van der Waals surface area contributed by atoms with Crippen LogP contribution in [-0.2, 0) is 22.0 Å². The second-order valence-corrected chi connectivity index (χ2v) is 7.53. The maximum absolute atomic E-state index is 11.9. The molecule has 122 valence electrons. The van der Waals surface area contributed by atoms with Crippen LogP contribution in [0.25, 0.3) is 0 Å². The number of hydrogen-bond acceptors (Lipinski definition) is 3. The van der Waals surface area contributed by atoms with Crippen molar-refractivity contribution in [3.05, 3.63) is 65.7 Å². The molecule has 2 aromatic rings. The Labute approximate surface area is 136 Å². The summed E-state index contributed by atoms with van der Waals surface area (Å²) < 4.78 is 22.6. The van der Waals surface area contributed by atoms with E-state index in [1.54, 1.807) is 24.3 Å². The van der Waals surface area contributed by atoms with Gasteiger partial charge in [-0.3, -0.25) is 0 Å². The van der Waals surface area contributed by atoms with E-state index in [9.17, 15) is 13.2 Å². The molecule has 23 heavy (non-hydrogen) atoms. The van der Waals surface area contributed by atoms with E-state index in [0.29, 0.717) is 17.8 Å². The zero-order chi connectivity index (χ0) is 16.7. The molecule has 2 N–H and O–H groups in total. The molecule has 0 aliphatic rings. The fraction of sp³-hybridized carbons (Fsp3) is 0.235. The topological polar surface area (TPSA) is 75.3 Å². The largest absolute Gasteiger partial charge is 0.338 e. The number of sulfone groups is 1. The van der Waals surface area contributed by atoms with Gasteiger partial charge in [-0.05, 0) is 29.7 Å². The molecular weight excluding hydrogens is 312 g/mol. The second-order valence-electron chi connectivity index (χ2n) is 5.39. The highest BCUT2D eigenvalue weighted by molar-refractivity contribution is 7.89. The van der Waals surface area contributed by atoms with Gasteiger partial charge in [-0.1, -0.05) is 42.5 Å².